The number of rotatable bonds is 9. The zero-order valence-corrected chi connectivity index (χ0v) is 21.2. The Hall–Kier alpha value is -3.23. The lowest BCUT2D eigenvalue weighted by Gasteiger charge is -2.12. The molecule has 176 valence electrons. The summed E-state index contributed by atoms with van der Waals surface area (Å²) in [6.07, 6.45) is 1.99. The van der Waals surface area contributed by atoms with Crippen molar-refractivity contribution < 1.29 is 14.3 Å². The van der Waals surface area contributed by atoms with Gasteiger partial charge in [-0.15, -0.1) is 0 Å². The number of anilines is 2. The Morgan fingerprint density at radius 1 is 0.941 bits per heavy atom. The van der Waals surface area contributed by atoms with E-state index in [1.54, 1.807) is 42.5 Å². The molecule has 34 heavy (non-hydrogen) atoms. The molecule has 0 aliphatic heterocycles. The predicted octanol–water partition coefficient (Wildman–Crippen LogP) is 5.94. The number of hydrogen-bond donors (Lipinski definition) is 3. The second-order valence-corrected chi connectivity index (χ2v) is 8.78. The SMILES string of the molecule is CCCOc1ccc(C(=O)NC(=S)Nc2ccc(NC(=O)CCc3ccccc3)cc2)cc1Br. The fourth-order valence-electron chi connectivity index (χ4n) is 3.07. The molecule has 0 aliphatic carbocycles. The van der Waals surface area contributed by atoms with Crippen molar-refractivity contribution in [2.45, 2.75) is 26.2 Å². The van der Waals surface area contributed by atoms with Crippen LogP contribution in [0.25, 0.3) is 0 Å². The molecule has 0 saturated heterocycles. The van der Waals surface area contributed by atoms with E-state index in [2.05, 4.69) is 31.9 Å². The highest BCUT2D eigenvalue weighted by molar-refractivity contribution is 9.10. The van der Waals surface area contributed by atoms with Crippen LogP contribution in [0.3, 0.4) is 0 Å². The zero-order valence-electron chi connectivity index (χ0n) is 18.8. The van der Waals surface area contributed by atoms with Gasteiger partial charge >= 0.3 is 0 Å². The molecule has 0 aromatic heterocycles. The minimum atomic E-state index is -0.331. The number of halogens is 1. The summed E-state index contributed by atoms with van der Waals surface area (Å²) in [6.45, 7) is 2.63. The van der Waals surface area contributed by atoms with Gasteiger partial charge in [-0.2, -0.15) is 0 Å². The van der Waals surface area contributed by atoms with Crippen molar-refractivity contribution in [1.82, 2.24) is 5.32 Å². The maximum Gasteiger partial charge on any atom is 0.257 e. The summed E-state index contributed by atoms with van der Waals surface area (Å²) < 4.78 is 6.31. The number of thiocarbonyl (C=S) groups is 1. The largest absolute Gasteiger partial charge is 0.492 e. The number of carbonyl (C=O) groups is 2. The van der Waals surface area contributed by atoms with Crippen LogP contribution in [0, 0.1) is 0 Å². The second-order valence-electron chi connectivity index (χ2n) is 7.51. The molecule has 0 aliphatic rings. The quantitative estimate of drug-likeness (QED) is 0.293. The smallest absolute Gasteiger partial charge is 0.257 e. The Bertz CT molecular complexity index is 1140. The molecule has 0 saturated carbocycles. The van der Waals surface area contributed by atoms with E-state index in [0.29, 0.717) is 46.6 Å². The molecule has 0 spiro atoms. The summed E-state index contributed by atoms with van der Waals surface area (Å²) in [4.78, 5) is 24.7. The Balaban J connectivity index is 1.47. The van der Waals surface area contributed by atoms with Crippen molar-refractivity contribution in [3.8, 4) is 5.75 Å². The Morgan fingerprint density at radius 3 is 2.26 bits per heavy atom. The van der Waals surface area contributed by atoms with Gasteiger partial charge in [0, 0.05) is 23.4 Å². The normalized spacial score (nSPS) is 10.3. The summed E-state index contributed by atoms with van der Waals surface area (Å²) in [7, 11) is 0. The third-order valence-electron chi connectivity index (χ3n) is 4.79. The van der Waals surface area contributed by atoms with Crippen molar-refractivity contribution in [3.63, 3.8) is 0 Å². The fraction of sp³-hybridized carbons (Fsp3) is 0.192. The molecule has 8 heteroatoms. The Morgan fingerprint density at radius 2 is 1.62 bits per heavy atom. The number of amides is 2. The van der Waals surface area contributed by atoms with Crippen LogP contribution in [-0.2, 0) is 11.2 Å². The summed E-state index contributed by atoms with van der Waals surface area (Å²) in [6, 6.07) is 22.1. The molecule has 0 radical (unpaired) electrons. The third kappa shape index (κ3) is 7.97. The van der Waals surface area contributed by atoms with Gasteiger partial charge in [0.15, 0.2) is 5.11 Å². The molecule has 0 bridgehead atoms. The first-order chi connectivity index (χ1) is 16.4. The fourth-order valence-corrected chi connectivity index (χ4v) is 3.78. The van der Waals surface area contributed by atoms with E-state index in [-0.39, 0.29) is 16.9 Å². The van der Waals surface area contributed by atoms with Gasteiger partial charge in [-0.3, -0.25) is 14.9 Å². The van der Waals surface area contributed by atoms with Gasteiger partial charge in [0.1, 0.15) is 5.75 Å². The Kier molecular flexibility index (Phi) is 9.61. The summed E-state index contributed by atoms with van der Waals surface area (Å²) >= 11 is 8.69. The minimum Gasteiger partial charge on any atom is -0.492 e. The zero-order chi connectivity index (χ0) is 24.3. The first kappa shape index (κ1) is 25.4. The second kappa shape index (κ2) is 12.9. The lowest BCUT2D eigenvalue weighted by molar-refractivity contribution is -0.116. The molecule has 0 unspecified atom stereocenters. The number of carbonyl (C=O) groups excluding carboxylic acids is 2. The van der Waals surface area contributed by atoms with Crippen molar-refractivity contribution in [2.24, 2.45) is 0 Å². The number of hydrogen-bond acceptors (Lipinski definition) is 4. The molecular weight excluding hydrogens is 514 g/mol. The highest BCUT2D eigenvalue weighted by atomic mass is 79.9. The highest BCUT2D eigenvalue weighted by Gasteiger charge is 2.11. The van der Waals surface area contributed by atoms with E-state index in [1.807, 2.05) is 37.3 Å². The van der Waals surface area contributed by atoms with Crippen molar-refractivity contribution >= 4 is 56.4 Å². The van der Waals surface area contributed by atoms with Crippen LogP contribution < -0.4 is 20.7 Å². The number of ether oxygens (including phenoxy) is 1. The van der Waals surface area contributed by atoms with E-state index < -0.39 is 0 Å². The lowest BCUT2D eigenvalue weighted by Crippen LogP contribution is -2.34. The number of nitrogens with one attached hydrogen (secondary N) is 3. The standard InChI is InChI=1S/C26H26BrN3O3S/c1-2-16-33-23-14-9-19(17-22(23)27)25(32)30-26(34)29-21-12-10-20(11-13-21)28-24(31)15-8-18-6-4-3-5-7-18/h3-7,9-14,17H,2,8,15-16H2,1H3,(H,28,31)(H2,29,30,32,34). The van der Waals surface area contributed by atoms with Crippen LogP contribution in [0.4, 0.5) is 11.4 Å². The summed E-state index contributed by atoms with van der Waals surface area (Å²) in [5.41, 5.74) is 2.96. The molecule has 0 atom stereocenters. The molecule has 6 nitrogen and oxygen atoms in total. The van der Waals surface area contributed by atoms with Crippen molar-refractivity contribution in [1.29, 1.82) is 0 Å². The van der Waals surface area contributed by atoms with Crippen LogP contribution in [0.5, 0.6) is 5.75 Å². The van der Waals surface area contributed by atoms with Crippen molar-refractivity contribution in [2.75, 3.05) is 17.2 Å². The van der Waals surface area contributed by atoms with E-state index in [4.69, 9.17) is 17.0 Å². The predicted molar refractivity (Wildman–Crippen MR) is 143 cm³/mol. The topological polar surface area (TPSA) is 79.5 Å². The first-order valence-electron chi connectivity index (χ1n) is 10.9. The van der Waals surface area contributed by atoms with Gasteiger partial charge in [0.25, 0.3) is 5.91 Å². The van der Waals surface area contributed by atoms with Gasteiger partial charge in [-0.1, -0.05) is 37.3 Å². The third-order valence-corrected chi connectivity index (χ3v) is 5.62. The van der Waals surface area contributed by atoms with Gasteiger partial charge in [0.05, 0.1) is 11.1 Å². The van der Waals surface area contributed by atoms with E-state index in [1.165, 1.54) is 0 Å². The average molecular weight is 540 g/mol. The maximum atomic E-state index is 12.5. The van der Waals surface area contributed by atoms with Gasteiger partial charge in [-0.05, 0) is 89.0 Å². The number of aryl methyl sites for hydroxylation is 1. The lowest BCUT2D eigenvalue weighted by atomic mass is 10.1. The number of benzene rings is 3. The first-order valence-corrected chi connectivity index (χ1v) is 12.1. The van der Waals surface area contributed by atoms with Crippen LogP contribution in [-0.4, -0.2) is 23.5 Å². The van der Waals surface area contributed by atoms with Crippen molar-refractivity contribution in [3.05, 3.63) is 88.4 Å². The molecule has 3 aromatic carbocycles. The summed E-state index contributed by atoms with van der Waals surface area (Å²) in [5, 5.41) is 8.70. The van der Waals surface area contributed by atoms with Crippen LogP contribution >= 0.6 is 28.1 Å². The summed E-state index contributed by atoms with van der Waals surface area (Å²) in [5.74, 6) is 0.304. The molecule has 0 fully saturated rings. The van der Waals surface area contributed by atoms with E-state index in [0.717, 1.165) is 12.0 Å². The average Bonchev–Trinajstić information content (AvgIpc) is 2.83. The molecule has 3 aromatic rings. The van der Waals surface area contributed by atoms with Gasteiger partial charge in [0.2, 0.25) is 5.91 Å². The molecule has 2 amide bonds. The van der Waals surface area contributed by atoms with Crippen LogP contribution in [0.2, 0.25) is 0 Å². The molecular formula is C26H26BrN3O3S. The minimum absolute atomic E-state index is 0.0513. The van der Waals surface area contributed by atoms with E-state index in [9.17, 15) is 9.59 Å². The Labute approximate surface area is 213 Å². The van der Waals surface area contributed by atoms with Crippen LogP contribution in [0.1, 0.15) is 35.7 Å². The van der Waals surface area contributed by atoms with E-state index >= 15 is 0 Å². The van der Waals surface area contributed by atoms with Gasteiger partial charge < -0.3 is 15.4 Å². The van der Waals surface area contributed by atoms with Gasteiger partial charge in [-0.25, -0.2) is 0 Å². The highest BCUT2D eigenvalue weighted by Crippen LogP contribution is 2.26. The molecule has 0 heterocycles. The maximum absolute atomic E-state index is 12.5. The monoisotopic (exact) mass is 539 g/mol. The molecule has 3 rings (SSSR count). The van der Waals surface area contributed by atoms with Crippen LogP contribution in [0.15, 0.2) is 77.3 Å². The molecule has 3 N–H and O–H groups in total.